The van der Waals surface area contributed by atoms with Crippen LogP contribution in [0.4, 0.5) is 11.4 Å². The van der Waals surface area contributed by atoms with E-state index in [9.17, 15) is 14.4 Å². The third-order valence-corrected chi connectivity index (χ3v) is 5.09. The third-order valence-electron chi connectivity index (χ3n) is 5.09. The summed E-state index contributed by atoms with van der Waals surface area (Å²) >= 11 is 0. The van der Waals surface area contributed by atoms with Gasteiger partial charge in [-0.2, -0.15) is 0 Å². The molecule has 2 aromatic rings. The summed E-state index contributed by atoms with van der Waals surface area (Å²) in [5, 5.41) is 5.49. The number of amides is 3. The molecule has 3 amide bonds. The van der Waals surface area contributed by atoms with Gasteiger partial charge in [0.2, 0.25) is 17.7 Å². The Bertz CT molecular complexity index is 1030. The van der Waals surface area contributed by atoms with Crippen LogP contribution in [-0.2, 0) is 14.4 Å². The molecule has 6 heteroatoms. The van der Waals surface area contributed by atoms with Gasteiger partial charge < -0.3 is 15.5 Å². The Hall–Kier alpha value is -3.59. The van der Waals surface area contributed by atoms with Gasteiger partial charge in [-0.1, -0.05) is 17.9 Å². The second-order valence-electron chi connectivity index (χ2n) is 7.45. The van der Waals surface area contributed by atoms with Crippen LogP contribution >= 0.6 is 0 Å². The average molecular weight is 403 g/mol. The topological polar surface area (TPSA) is 78.5 Å². The van der Waals surface area contributed by atoms with E-state index < -0.39 is 0 Å². The molecule has 2 aromatic carbocycles. The van der Waals surface area contributed by atoms with E-state index in [4.69, 9.17) is 0 Å². The number of anilines is 2. The summed E-state index contributed by atoms with van der Waals surface area (Å²) in [4.78, 5) is 37.5. The van der Waals surface area contributed by atoms with Crippen LogP contribution < -0.4 is 15.5 Å². The van der Waals surface area contributed by atoms with Crippen LogP contribution in [0.1, 0.15) is 30.0 Å². The zero-order chi connectivity index (χ0) is 21.7. The molecule has 0 aromatic heterocycles. The number of nitrogens with zero attached hydrogens (tertiary/aromatic N) is 1. The molecule has 154 valence electrons. The van der Waals surface area contributed by atoms with Crippen molar-refractivity contribution in [2.45, 2.75) is 27.2 Å². The highest BCUT2D eigenvalue weighted by Crippen LogP contribution is 2.26. The minimum absolute atomic E-state index is 0.0382. The van der Waals surface area contributed by atoms with E-state index >= 15 is 0 Å². The van der Waals surface area contributed by atoms with Gasteiger partial charge in [-0.05, 0) is 61.4 Å². The number of hydrogen-bond donors (Lipinski definition) is 2. The Balaban J connectivity index is 1.52. The lowest BCUT2D eigenvalue weighted by Crippen LogP contribution is -2.33. The van der Waals surface area contributed by atoms with E-state index in [-0.39, 0.29) is 36.6 Å². The lowest BCUT2D eigenvalue weighted by Gasteiger charge is -2.17. The maximum absolute atomic E-state index is 12.4. The highest BCUT2D eigenvalue weighted by molar-refractivity contribution is 6.00. The van der Waals surface area contributed by atoms with E-state index in [0.717, 1.165) is 16.8 Å². The van der Waals surface area contributed by atoms with Gasteiger partial charge in [-0.25, -0.2) is 0 Å². The van der Waals surface area contributed by atoms with Gasteiger partial charge in [-0.3, -0.25) is 14.4 Å². The van der Waals surface area contributed by atoms with Gasteiger partial charge in [-0.15, -0.1) is 0 Å². The first-order chi connectivity index (χ1) is 14.3. The highest BCUT2D eigenvalue weighted by atomic mass is 16.2. The van der Waals surface area contributed by atoms with Gasteiger partial charge in [0, 0.05) is 36.8 Å². The standard InChI is InChI=1S/C24H25N3O3/c1-16-6-11-22(13-17(16)2)27-15-20(14-23(27)29)24(30)25-12-4-5-19-7-9-21(10-8-19)26-18(3)28/h6-11,13,20H,12,14-15H2,1-3H3,(H,25,30)(H,26,28). The Morgan fingerprint density at radius 3 is 2.50 bits per heavy atom. The molecule has 1 unspecified atom stereocenters. The van der Waals surface area contributed by atoms with E-state index in [1.807, 2.05) is 32.0 Å². The molecule has 1 aliphatic heterocycles. The lowest BCUT2D eigenvalue weighted by atomic mass is 10.1. The van der Waals surface area contributed by atoms with Crippen molar-refractivity contribution < 1.29 is 14.4 Å². The smallest absolute Gasteiger partial charge is 0.227 e. The van der Waals surface area contributed by atoms with Crippen LogP contribution in [0.25, 0.3) is 0 Å². The first-order valence-corrected chi connectivity index (χ1v) is 9.85. The SMILES string of the molecule is CC(=O)Nc1ccc(C#CCNC(=O)C2CC(=O)N(c3ccc(C)c(C)c3)C2)cc1. The zero-order valence-electron chi connectivity index (χ0n) is 17.4. The van der Waals surface area contributed by atoms with E-state index in [2.05, 4.69) is 22.5 Å². The number of carbonyl (C=O) groups excluding carboxylic acids is 3. The third kappa shape index (κ3) is 5.26. The molecule has 2 N–H and O–H groups in total. The molecule has 6 nitrogen and oxygen atoms in total. The summed E-state index contributed by atoms with van der Waals surface area (Å²) < 4.78 is 0. The maximum Gasteiger partial charge on any atom is 0.227 e. The van der Waals surface area contributed by atoms with Gasteiger partial charge in [0.05, 0.1) is 12.5 Å². The van der Waals surface area contributed by atoms with Crippen LogP contribution in [-0.4, -0.2) is 30.8 Å². The first kappa shape index (κ1) is 21.1. The molecular weight excluding hydrogens is 378 g/mol. The number of aryl methyl sites for hydroxylation is 2. The zero-order valence-corrected chi connectivity index (χ0v) is 17.4. The van der Waals surface area contributed by atoms with Gasteiger partial charge in [0.25, 0.3) is 0 Å². The average Bonchev–Trinajstić information content (AvgIpc) is 3.10. The molecule has 0 spiro atoms. The molecule has 30 heavy (non-hydrogen) atoms. The van der Waals surface area contributed by atoms with E-state index in [0.29, 0.717) is 12.2 Å². The molecule has 0 radical (unpaired) electrons. The van der Waals surface area contributed by atoms with Crippen molar-refractivity contribution in [1.29, 1.82) is 0 Å². The number of hydrogen-bond acceptors (Lipinski definition) is 3. The highest BCUT2D eigenvalue weighted by Gasteiger charge is 2.34. The van der Waals surface area contributed by atoms with E-state index in [1.54, 1.807) is 29.2 Å². The van der Waals surface area contributed by atoms with Gasteiger partial charge >= 0.3 is 0 Å². The van der Waals surface area contributed by atoms with Gasteiger partial charge in [0.1, 0.15) is 0 Å². The molecule has 0 saturated carbocycles. The number of carbonyl (C=O) groups is 3. The van der Waals surface area contributed by atoms with Crippen LogP contribution in [0.5, 0.6) is 0 Å². The Kier molecular flexibility index (Phi) is 6.53. The summed E-state index contributed by atoms with van der Waals surface area (Å²) in [6.45, 7) is 6.08. The number of nitrogens with one attached hydrogen (secondary N) is 2. The fraction of sp³-hybridized carbons (Fsp3) is 0.292. The molecule has 1 fully saturated rings. The number of rotatable bonds is 4. The van der Waals surface area contributed by atoms with Crippen LogP contribution in [0.3, 0.4) is 0 Å². The Labute approximate surface area is 176 Å². The number of benzene rings is 2. The Morgan fingerprint density at radius 1 is 1.10 bits per heavy atom. The van der Waals surface area contributed by atoms with Crippen molar-refractivity contribution in [3.05, 3.63) is 59.2 Å². The quantitative estimate of drug-likeness (QED) is 0.771. The van der Waals surface area contributed by atoms with Crippen LogP contribution in [0.2, 0.25) is 0 Å². The largest absolute Gasteiger partial charge is 0.345 e. The normalized spacial score (nSPS) is 15.4. The van der Waals surface area contributed by atoms with Crippen molar-refractivity contribution >= 4 is 29.1 Å². The predicted octanol–water partition coefficient (Wildman–Crippen LogP) is 2.78. The van der Waals surface area contributed by atoms with Crippen molar-refractivity contribution in [3.8, 4) is 11.8 Å². The second-order valence-corrected chi connectivity index (χ2v) is 7.45. The Morgan fingerprint density at radius 2 is 1.83 bits per heavy atom. The monoisotopic (exact) mass is 403 g/mol. The molecular formula is C24H25N3O3. The summed E-state index contributed by atoms with van der Waals surface area (Å²) in [5.74, 6) is 5.18. The molecule has 1 atom stereocenters. The minimum Gasteiger partial charge on any atom is -0.345 e. The summed E-state index contributed by atoms with van der Waals surface area (Å²) in [6.07, 6.45) is 0.205. The summed E-state index contributed by atoms with van der Waals surface area (Å²) in [7, 11) is 0. The fourth-order valence-corrected chi connectivity index (χ4v) is 3.29. The van der Waals surface area contributed by atoms with Crippen LogP contribution in [0, 0.1) is 31.6 Å². The lowest BCUT2D eigenvalue weighted by molar-refractivity contribution is -0.126. The fourth-order valence-electron chi connectivity index (χ4n) is 3.29. The second kappa shape index (κ2) is 9.27. The molecule has 1 saturated heterocycles. The predicted molar refractivity (Wildman–Crippen MR) is 117 cm³/mol. The van der Waals surface area contributed by atoms with Crippen molar-refractivity contribution in [3.63, 3.8) is 0 Å². The molecule has 3 rings (SSSR count). The van der Waals surface area contributed by atoms with Crippen LogP contribution in [0.15, 0.2) is 42.5 Å². The van der Waals surface area contributed by atoms with Crippen molar-refractivity contribution in [2.24, 2.45) is 5.92 Å². The summed E-state index contributed by atoms with van der Waals surface area (Å²) in [6, 6.07) is 13.0. The van der Waals surface area contributed by atoms with E-state index in [1.165, 1.54) is 12.5 Å². The molecule has 0 aliphatic carbocycles. The van der Waals surface area contributed by atoms with Gasteiger partial charge in [0.15, 0.2) is 0 Å². The van der Waals surface area contributed by atoms with Crippen molar-refractivity contribution in [2.75, 3.05) is 23.3 Å². The van der Waals surface area contributed by atoms with Crippen molar-refractivity contribution in [1.82, 2.24) is 5.32 Å². The molecule has 0 bridgehead atoms. The first-order valence-electron chi connectivity index (χ1n) is 9.85. The molecule has 1 heterocycles. The minimum atomic E-state index is -0.377. The maximum atomic E-state index is 12.4. The molecule has 1 aliphatic rings. The summed E-state index contributed by atoms with van der Waals surface area (Å²) in [5.41, 5.74) is 4.62.